The Bertz CT molecular complexity index is 608. The number of nitrogens with one attached hydrogen (secondary N) is 1. The molecule has 20 heavy (non-hydrogen) atoms. The van der Waals surface area contributed by atoms with Gasteiger partial charge in [-0.3, -0.25) is 0 Å². The molecule has 0 radical (unpaired) electrons. The van der Waals surface area contributed by atoms with E-state index in [1.807, 2.05) is 0 Å². The Morgan fingerprint density at radius 1 is 1.45 bits per heavy atom. The monoisotopic (exact) mass is 304 g/mol. The highest BCUT2D eigenvalue weighted by Crippen LogP contribution is 2.18. The SMILES string of the molecule is COC(=O)c1ccc(F)cc1S(=O)(=O)NCC(C)(C)N. The van der Waals surface area contributed by atoms with Gasteiger partial charge in [-0.15, -0.1) is 0 Å². The van der Waals surface area contributed by atoms with Crippen molar-refractivity contribution < 1.29 is 22.3 Å². The zero-order chi connectivity index (χ0) is 15.6. The fourth-order valence-corrected chi connectivity index (χ4v) is 2.78. The number of methoxy groups -OCH3 is 1. The van der Waals surface area contributed by atoms with Gasteiger partial charge in [-0.25, -0.2) is 22.3 Å². The van der Waals surface area contributed by atoms with Gasteiger partial charge in [-0.1, -0.05) is 0 Å². The van der Waals surface area contributed by atoms with E-state index < -0.39 is 32.2 Å². The van der Waals surface area contributed by atoms with Gasteiger partial charge in [0.1, 0.15) is 5.82 Å². The number of carbonyl (C=O) groups excluding carboxylic acids is 1. The first-order valence-electron chi connectivity index (χ1n) is 5.73. The summed E-state index contributed by atoms with van der Waals surface area (Å²) < 4.78 is 44.2. The molecule has 6 nitrogen and oxygen atoms in total. The molecule has 1 rings (SSSR count). The Kier molecular flexibility index (Phi) is 4.85. The second-order valence-corrected chi connectivity index (χ2v) is 6.68. The highest BCUT2D eigenvalue weighted by Gasteiger charge is 2.25. The molecule has 0 fully saturated rings. The number of esters is 1. The van der Waals surface area contributed by atoms with Gasteiger partial charge in [-0.05, 0) is 32.0 Å². The molecule has 0 aliphatic carbocycles. The van der Waals surface area contributed by atoms with Crippen LogP contribution in [0, 0.1) is 5.82 Å². The van der Waals surface area contributed by atoms with Crippen LogP contribution in [-0.4, -0.2) is 33.6 Å². The van der Waals surface area contributed by atoms with Crippen molar-refractivity contribution in [2.24, 2.45) is 5.73 Å². The molecule has 0 saturated heterocycles. The summed E-state index contributed by atoms with van der Waals surface area (Å²) in [5, 5.41) is 0. The number of carbonyl (C=O) groups is 1. The van der Waals surface area contributed by atoms with Crippen LogP contribution in [0.2, 0.25) is 0 Å². The van der Waals surface area contributed by atoms with Gasteiger partial charge in [0.2, 0.25) is 10.0 Å². The fraction of sp³-hybridized carbons (Fsp3) is 0.417. The van der Waals surface area contributed by atoms with Crippen LogP contribution in [0.25, 0.3) is 0 Å². The van der Waals surface area contributed by atoms with Crippen molar-refractivity contribution in [1.29, 1.82) is 0 Å². The highest BCUT2D eigenvalue weighted by atomic mass is 32.2. The van der Waals surface area contributed by atoms with Gasteiger partial charge in [0.05, 0.1) is 17.6 Å². The van der Waals surface area contributed by atoms with Crippen molar-refractivity contribution in [3.8, 4) is 0 Å². The molecule has 1 aromatic rings. The molecule has 0 amide bonds. The van der Waals surface area contributed by atoms with Crippen molar-refractivity contribution in [3.63, 3.8) is 0 Å². The predicted molar refractivity (Wildman–Crippen MR) is 71.2 cm³/mol. The van der Waals surface area contributed by atoms with Gasteiger partial charge in [0.15, 0.2) is 0 Å². The summed E-state index contributed by atoms with van der Waals surface area (Å²) in [5.74, 6) is -1.64. The molecule has 0 heterocycles. The molecule has 1 aromatic carbocycles. The molecule has 8 heteroatoms. The molecule has 0 aliphatic heterocycles. The lowest BCUT2D eigenvalue weighted by molar-refractivity contribution is 0.0596. The topological polar surface area (TPSA) is 98.5 Å². The van der Waals surface area contributed by atoms with Crippen LogP contribution >= 0.6 is 0 Å². The molecule has 0 unspecified atom stereocenters. The average molecular weight is 304 g/mol. The molecule has 0 aliphatic rings. The second kappa shape index (κ2) is 5.86. The molecule has 3 N–H and O–H groups in total. The lowest BCUT2D eigenvalue weighted by Crippen LogP contribution is -2.45. The van der Waals surface area contributed by atoms with Crippen LogP contribution in [0.1, 0.15) is 24.2 Å². The number of rotatable bonds is 5. The second-order valence-electron chi connectivity index (χ2n) is 4.95. The first kappa shape index (κ1) is 16.5. The predicted octanol–water partition coefficient (Wildman–Crippen LogP) is 0.628. The number of hydrogen-bond donors (Lipinski definition) is 2. The van der Waals surface area contributed by atoms with E-state index in [-0.39, 0.29) is 12.1 Å². The minimum atomic E-state index is -4.07. The Morgan fingerprint density at radius 2 is 2.05 bits per heavy atom. The van der Waals surface area contributed by atoms with Gasteiger partial charge >= 0.3 is 5.97 Å². The van der Waals surface area contributed by atoms with Crippen LogP contribution < -0.4 is 10.5 Å². The van der Waals surface area contributed by atoms with E-state index in [9.17, 15) is 17.6 Å². The lowest BCUT2D eigenvalue weighted by atomic mass is 10.1. The maximum absolute atomic E-state index is 13.3. The molecule has 0 bridgehead atoms. The lowest BCUT2D eigenvalue weighted by Gasteiger charge is -2.19. The Morgan fingerprint density at radius 3 is 2.55 bits per heavy atom. The summed E-state index contributed by atoms with van der Waals surface area (Å²) >= 11 is 0. The highest BCUT2D eigenvalue weighted by molar-refractivity contribution is 7.89. The minimum Gasteiger partial charge on any atom is -0.465 e. The number of sulfonamides is 1. The number of benzene rings is 1. The molecule has 0 saturated carbocycles. The average Bonchev–Trinajstić information content (AvgIpc) is 2.35. The number of nitrogens with two attached hydrogens (primary N) is 1. The van der Waals surface area contributed by atoms with Crippen molar-refractivity contribution in [1.82, 2.24) is 4.72 Å². The zero-order valence-corrected chi connectivity index (χ0v) is 12.3. The first-order valence-corrected chi connectivity index (χ1v) is 7.21. The maximum atomic E-state index is 13.3. The summed E-state index contributed by atoms with van der Waals surface area (Å²) in [6, 6.07) is 2.81. The smallest absolute Gasteiger partial charge is 0.339 e. The van der Waals surface area contributed by atoms with Crippen LogP contribution in [0.4, 0.5) is 4.39 Å². The normalized spacial score (nSPS) is 12.2. The van der Waals surface area contributed by atoms with Gasteiger partial charge in [-0.2, -0.15) is 0 Å². The Labute approximate surface area is 117 Å². The maximum Gasteiger partial charge on any atom is 0.339 e. The van der Waals surface area contributed by atoms with E-state index in [4.69, 9.17) is 5.73 Å². The molecule has 0 aromatic heterocycles. The number of hydrogen-bond acceptors (Lipinski definition) is 5. The van der Waals surface area contributed by atoms with Crippen molar-refractivity contribution in [2.75, 3.05) is 13.7 Å². The van der Waals surface area contributed by atoms with E-state index in [0.29, 0.717) is 0 Å². The van der Waals surface area contributed by atoms with E-state index in [1.54, 1.807) is 13.8 Å². The number of ether oxygens (including phenoxy) is 1. The Balaban J connectivity index is 3.23. The fourth-order valence-electron chi connectivity index (χ4n) is 1.36. The largest absolute Gasteiger partial charge is 0.465 e. The number of halogens is 1. The zero-order valence-electron chi connectivity index (χ0n) is 11.4. The summed E-state index contributed by atoms with van der Waals surface area (Å²) in [5.41, 5.74) is 4.66. The third-order valence-electron chi connectivity index (χ3n) is 2.36. The standard InChI is InChI=1S/C12H17FN2O4S/c1-12(2,14)7-15-20(17,18)10-6-8(13)4-5-9(10)11(16)19-3/h4-6,15H,7,14H2,1-3H3. The quantitative estimate of drug-likeness (QED) is 0.777. The summed E-state index contributed by atoms with van der Waals surface area (Å²) in [4.78, 5) is 11.1. The summed E-state index contributed by atoms with van der Waals surface area (Å²) in [6.45, 7) is 3.19. The minimum absolute atomic E-state index is 0.0630. The summed E-state index contributed by atoms with van der Waals surface area (Å²) in [6.07, 6.45) is 0. The van der Waals surface area contributed by atoms with Gasteiger partial charge < -0.3 is 10.5 Å². The van der Waals surface area contributed by atoms with Crippen molar-refractivity contribution in [2.45, 2.75) is 24.3 Å². The van der Waals surface area contributed by atoms with Gasteiger partial charge in [0.25, 0.3) is 0 Å². The summed E-state index contributed by atoms with van der Waals surface area (Å²) in [7, 11) is -2.96. The van der Waals surface area contributed by atoms with Crippen LogP contribution in [0.5, 0.6) is 0 Å². The molecule has 0 spiro atoms. The third kappa shape index (κ3) is 4.26. The van der Waals surface area contributed by atoms with Crippen molar-refractivity contribution >= 4 is 16.0 Å². The van der Waals surface area contributed by atoms with Crippen LogP contribution in [-0.2, 0) is 14.8 Å². The van der Waals surface area contributed by atoms with Crippen LogP contribution in [0.15, 0.2) is 23.1 Å². The van der Waals surface area contributed by atoms with Crippen molar-refractivity contribution in [3.05, 3.63) is 29.6 Å². The Hall–Kier alpha value is -1.51. The molecular formula is C12H17FN2O4S. The third-order valence-corrected chi connectivity index (χ3v) is 3.80. The molecule has 112 valence electrons. The first-order chi connectivity index (χ1) is 9.07. The van der Waals surface area contributed by atoms with Gasteiger partial charge in [0, 0.05) is 12.1 Å². The van der Waals surface area contributed by atoms with Crippen LogP contribution in [0.3, 0.4) is 0 Å². The molecular weight excluding hydrogens is 287 g/mol. The van der Waals surface area contributed by atoms with E-state index in [1.165, 1.54) is 0 Å². The van der Waals surface area contributed by atoms with E-state index in [0.717, 1.165) is 25.3 Å². The van der Waals surface area contributed by atoms with E-state index in [2.05, 4.69) is 9.46 Å². The molecule has 0 atom stereocenters. The van der Waals surface area contributed by atoms with E-state index >= 15 is 0 Å².